The van der Waals surface area contributed by atoms with E-state index in [1.165, 1.54) is 0 Å². The molecule has 0 aromatic carbocycles. The zero-order valence-corrected chi connectivity index (χ0v) is 11.5. The molecule has 1 rings (SSSR count). The lowest BCUT2D eigenvalue weighted by atomic mass is 10.1. The summed E-state index contributed by atoms with van der Waals surface area (Å²) < 4.78 is 0. The number of rotatable bonds is 6. The summed E-state index contributed by atoms with van der Waals surface area (Å²) in [5.74, 6) is 0.282. The van der Waals surface area contributed by atoms with Gasteiger partial charge in [0, 0.05) is 25.7 Å². The summed E-state index contributed by atoms with van der Waals surface area (Å²) in [7, 11) is 1.89. The number of amides is 3. The number of likely N-dealkylation sites (N-methyl/N-ethyl adjacent to an activating group) is 1. The van der Waals surface area contributed by atoms with Gasteiger partial charge in [-0.05, 0) is 19.4 Å². The minimum Gasteiger partial charge on any atom is -0.338 e. The van der Waals surface area contributed by atoms with E-state index in [0.717, 1.165) is 19.5 Å². The molecular weight excluding hydrogens is 232 g/mol. The zero-order valence-electron chi connectivity index (χ0n) is 11.5. The number of nitrogens with zero attached hydrogens (tertiary/aromatic N) is 1. The SMILES string of the molecule is CC(C)CCNC(=O)NC(=O)CN(C)C1CNC1. The van der Waals surface area contributed by atoms with Crippen molar-refractivity contribution in [1.82, 2.24) is 20.9 Å². The minimum absolute atomic E-state index is 0.254. The van der Waals surface area contributed by atoms with Crippen molar-refractivity contribution < 1.29 is 9.59 Å². The summed E-state index contributed by atoms with van der Waals surface area (Å²) in [6, 6.07) is 0.000497. The Hall–Kier alpha value is -1.14. The second-order valence-corrected chi connectivity index (χ2v) is 5.21. The van der Waals surface area contributed by atoms with E-state index in [9.17, 15) is 9.59 Å². The smallest absolute Gasteiger partial charge is 0.321 e. The van der Waals surface area contributed by atoms with Crippen molar-refractivity contribution in [3.63, 3.8) is 0 Å². The Balaban J connectivity index is 2.12. The highest BCUT2D eigenvalue weighted by Crippen LogP contribution is 2.00. The van der Waals surface area contributed by atoms with E-state index in [1.807, 2.05) is 11.9 Å². The molecule has 0 spiro atoms. The van der Waals surface area contributed by atoms with Crippen molar-refractivity contribution in [3.05, 3.63) is 0 Å². The maximum atomic E-state index is 11.6. The Morgan fingerprint density at radius 2 is 2.06 bits per heavy atom. The van der Waals surface area contributed by atoms with E-state index in [2.05, 4.69) is 29.8 Å². The van der Waals surface area contributed by atoms with E-state index in [1.54, 1.807) is 0 Å². The van der Waals surface area contributed by atoms with Gasteiger partial charge in [0.15, 0.2) is 0 Å². The van der Waals surface area contributed by atoms with Crippen molar-refractivity contribution in [1.29, 1.82) is 0 Å². The number of carbonyl (C=O) groups is 2. The fraction of sp³-hybridized carbons (Fsp3) is 0.833. The van der Waals surface area contributed by atoms with E-state index in [-0.39, 0.29) is 12.5 Å². The Morgan fingerprint density at radius 3 is 2.56 bits per heavy atom. The summed E-state index contributed by atoms with van der Waals surface area (Å²) in [6.45, 7) is 6.84. The third kappa shape index (κ3) is 5.46. The van der Waals surface area contributed by atoms with Gasteiger partial charge in [0.05, 0.1) is 6.54 Å². The fourth-order valence-electron chi connectivity index (χ4n) is 1.63. The highest BCUT2D eigenvalue weighted by molar-refractivity contribution is 5.95. The van der Waals surface area contributed by atoms with Crippen LogP contribution in [0.5, 0.6) is 0 Å². The van der Waals surface area contributed by atoms with E-state index < -0.39 is 6.03 Å². The molecule has 0 aliphatic carbocycles. The molecule has 6 nitrogen and oxygen atoms in total. The summed E-state index contributed by atoms with van der Waals surface area (Å²) in [4.78, 5) is 24.9. The molecule has 0 unspecified atom stereocenters. The summed E-state index contributed by atoms with van der Waals surface area (Å²) >= 11 is 0. The lowest BCUT2D eigenvalue weighted by Crippen LogP contribution is -2.58. The highest BCUT2D eigenvalue weighted by Gasteiger charge is 2.23. The normalized spacial score (nSPS) is 15.6. The number of hydrogen-bond donors (Lipinski definition) is 3. The van der Waals surface area contributed by atoms with Crippen LogP contribution in [-0.4, -0.2) is 56.1 Å². The summed E-state index contributed by atoms with van der Waals surface area (Å²) in [5, 5.41) is 8.15. The van der Waals surface area contributed by atoms with Crippen LogP contribution >= 0.6 is 0 Å². The van der Waals surface area contributed by atoms with Gasteiger partial charge in [0.2, 0.25) is 5.91 Å². The predicted molar refractivity (Wildman–Crippen MR) is 70.3 cm³/mol. The second kappa shape index (κ2) is 7.33. The highest BCUT2D eigenvalue weighted by atomic mass is 16.2. The van der Waals surface area contributed by atoms with Gasteiger partial charge in [-0.2, -0.15) is 0 Å². The van der Waals surface area contributed by atoms with Gasteiger partial charge >= 0.3 is 6.03 Å². The van der Waals surface area contributed by atoms with E-state index >= 15 is 0 Å². The third-order valence-corrected chi connectivity index (χ3v) is 3.04. The lowest BCUT2D eigenvalue weighted by Gasteiger charge is -2.35. The van der Waals surface area contributed by atoms with Crippen LogP contribution < -0.4 is 16.0 Å². The molecule has 1 fully saturated rings. The van der Waals surface area contributed by atoms with Crippen LogP contribution in [0.15, 0.2) is 0 Å². The first-order valence-electron chi connectivity index (χ1n) is 6.47. The third-order valence-electron chi connectivity index (χ3n) is 3.04. The summed E-state index contributed by atoms with van der Waals surface area (Å²) in [5.41, 5.74) is 0. The Morgan fingerprint density at radius 1 is 1.39 bits per heavy atom. The first-order valence-corrected chi connectivity index (χ1v) is 6.47. The molecule has 0 aromatic heterocycles. The van der Waals surface area contributed by atoms with Crippen LogP contribution in [0.2, 0.25) is 0 Å². The average molecular weight is 256 g/mol. The molecule has 18 heavy (non-hydrogen) atoms. The lowest BCUT2D eigenvalue weighted by molar-refractivity contribution is -0.121. The minimum atomic E-state index is -0.402. The second-order valence-electron chi connectivity index (χ2n) is 5.21. The van der Waals surface area contributed by atoms with Gasteiger partial charge < -0.3 is 10.6 Å². The molecule has 1 aliphatic heterocycles. The fourth-order valence-corrected chi connectivity index (χ4v) is 1.63. The maximum absolute atomic E-state index is 11.6. The average Bonchev–Trinajstić information content (AvgIpc) is 2.12. The quantitative estimate of drug-likeness (QED) is 0.613. The van der Waals surface area contributed by atoms with Crippen molar-refractivity contribution in [2.75, 3.05) is 33.2 Å². The van der Waals surface area contributed by atoms with Crippen LogP contribution in [0.25, 0.3) is 0 Å². The molecule has 1 saturated heterocycles. The van der Waals surface area contributed by atoms with Crippen LogP contribution in [0, 0.1) is 5.92 Å². The van der Waals surface area contributed by atoms with Crippen LogP contribution in [0.1, 0.15) is 20.3 Å². The molecule has 1 heterocycles. The molecule has 3 amide bonds. The van der Waals surface area contributed by atoms with Gasteiger partial charge in [-0.3, -0.25) is 15.0 Å². The van der Waals surface area contributed by atoms with Crippen molar-refractivity contribution in [2.45, 2.75) is 26.3 Å². The number of hydrogen-bond acceptors (Lipinski definition) is 4. The zero-order chi connectivity index (χ0) is 13.5. The van der Waals surface area contributed by atoms with Crippen molar-refractivity contribution in [2.24, 2.45) is 5.92 Å². The van der Waals surface area contributed by atoms with E-state index in [4.69, 9.17) is 0 Å². The molecule has 0 saturated carbocycles. The molecule has 6 heteroatoms. The monoisotopic (exact) mass is 256 g/mol. The molecule has 104 valence electrons. The Kier molecular flexibility index (Phi) is 6.07. The number of imide groups is 1. The molecule has 3 N–H and O–H groups in total. The largest absolute Gasteiger partial charge is 0.338 e. The Labute approximate surface area is 108 Å². The van der Waals surface area contributed by atoms with Gasteiger partial charge in [-0.25, -0.2) is 4.79 Å². The van der Waals surface area contributed by atoms with Gasteiger partial charge in [-0.15, -0.1) is 0 Å². The van der Waals surface area contributed by atoms with Gasteiger partial charge in [0.25, 0.3) is 0 Å². The molecule has 0 radical (unpaired) electrons. The van der Waals surface area contributed by atoms with Crippen LogP contribution in [-0.2, 0) is 4.79 Å². The van der Waals surface area contributed by atoms with Gasteiger partial charge in [-0.1, -0.05) is 13.8 Å². The van der Waals surface area contributed by atoms with Crippen LogP contribution in [0.4, 0.5) is 4.79 Å². The molecule has 0 atom stereocenters. The topological polar surface area (TPSA) is 73.5 Å². The molecule has 0 bridgehead atoms. The number of urea groups is 1. The predicted octanol–water partition coefficient (Wildman–Crippen LogP) is -0.238. The van der Waals surface area contributed by atoms with Gasteiger partial charge in [0.1, 0.15) is 0 Å². The summed E-state index contributed by atoms with van der Waals surface area (Å²) in [6.07, 6.45) is 0.912. The maximum Gasteiger partial charge on any atom is 0.321 e. The van der Waals surface area contributed by atoms with Crippen molar-refractivity contribution in [3.8, 4) is 0 Å². The number of carbonyl (C=O) groups excluding carboxylic acids is 2. The molecule has 0 aromatic rings. The number of nitrogens with one attached hydrogen (secondary N) is 3. The Bertz CT molecular complexity index is 290. The standard InChI is InChI=1S/C12H24N4O2/c1-9(2)4-5-14-12(18)15-11(17)8-16(3)10-6-13-7-10/h9-10,13H,4-8H2,1-3H3,(H2,14,15,17,18). The van der Waals surface area contributed by atoms with Crippen molar-refractivity contribution >= 4 is 11.9 Å². The molecular formula is C12H24N4O2. The first kappa shape index (κ1) is 14.9. The van der Waals surface area contributed by atoms with E-state index in [0.29, 0.717) is 18.5 Å². The molecule has 1 aliphatic rings. The first-order chi connectivity index (χ1) is 8.49. The van der Waals surface area contributed by atoms with Crippen LogP contribution in [0.3, 0.4) is 0 Å².